The SMILES string of the molecule is CCOC1CN(c2ccccc2CNC(=O)Nc2cc(C(C)(C)C)nn2-c2ccc(C)cc2)CCO1. The number of aromatic nitrogens is 2. The van der Waals surface area contributed by atoms with Gasteiger partial charge in [0.15, 0.2) is 6.29 Å². The highest BCUT2D eigenvalue weighted by molar-refractivity contribution is 5.88. The van der Waals surface area contributed by atoms with Gasteiger partial charge in [-0.2, -0.15) is 5.10 Å². The normalized spacial score (nSPS) is 16.1. The smallest absolute Gasteiger partial charge is 0.320 e. The second-order valence-corrected chi connectivity index (χ2v) is 10.1. The minimum atomic E-state index is -0.285. The monoisotopic (exact) mass is 491 g/mol. The summed E-state index contributed by atoms with van der Waals surface area (Å²) < 4.78 is 13.2. The first-order valence-corrected chi connectivity index (χ1v) is 12.5. The van der Waals surface area contributed by atoms with Gasteiger partial charge >= 0.3 is 6.03 Å². The minimum absolute atomic E-state index is 0.153. The molecule has 2 N–H and O–H groups in total. The number of carbonyl (C=O) groups excluding carboxylic acids is 1. The highest BCUT2D eigenvalue weighted by Gasteiger charge is 2.23. The average molecular weight is 492 g/mol. The summed E-state index contributed by atoms with van der Waals surface area (Å²) >= 11 is 0. The summed E-state index contributed by atoms with van der Waals surface area (Å²) in [5.41, 5.74) is 4.92. The molecule has 0 aliphatic carbocycles. The predicted molar refractivity (Wildman–Crippen MR) is 143 cm³/mol. The van der Waals surface area contributed by atoms with Crippen molar-refractivity contribution in [3.8, 4) is 5.69 Å². The lowest BCUT2D eigenvalue weighted by molar-refractivity contribution is -0.143. The summed E-state index contributed by atoms with van der Waals surface area (Å²) in [6.45, 7) is 13.4. The fourth-order valence-electron chi connectivity index (χ4n) is 4.15. The van der Waals surface area contributed by atoms with E-state index in [2.05, 4.69) is 42.4 Å². The van der Waals surface area contributed by atoms with E-state index in [9.17, 15) is 4.79 Å². The molecule has 8 heteroatoms. The molecule has 0 bridgehead atoms. The Labute approximate surface area is 213 Å². The van der Waals surface area contributed by atoms with Gasteiger partial charge in [-0.05, 0) is 37.6 Å². The van der Waals surface area contributed by atoms with Crippen LogP contribution in [0.2, 0.25) is 0 Å². The topological polar surface area (TPSA) is 80.7 Å². The lowest BCUT2D eigenvalue weighted by Gasteiger charge is -2.35. The third-order valence-electron chi connectivity index (χ3n) is 6.16. The van der Waals surface area contributed by atoms with Crippen molar-refractivity contribution >= 4 is 17.5 Å². The zero-order chi connectivity index (χ0) is 25.7. The van der Waals surface area contributed by atoms with Crippen molar-refractivity contribution in [1.82, 2.24) is 15.1 Å². The van der Waals surface area contributed by atoms with Crippen LogP contribution in [-0.4, -0.2) is 48.4 Å². The molecular weight excluding hydrogens is 454 g/mol. The van der Waals surface area contributed by atoms with Crippen LogP contribution in [0.4, 0.5) is 16.3 Å². The molecule has 1 saturated heterocycles. The van der Waals surface area contributed by atoms with E-state index in [1.54, 1.807) is 4.68 Å². The number of carbonyl (C=O) groups is 1. The summed E-state index contributed by atoms with van der Waals surface area (Å²) in [7, 11) is 0. The van der Waals surface area contributed by atoms with E-state index >= 15 is 0 Å². The lowest BCUT2D eigenvalue weighted by atomic mass is 9.92. The van der Waals surface area contributed by atoms with Crippen LogP contribution in [0.15, 0.2) is 54.6 Å². The molecule has 1 aliphatic rings. The molecule has 3 aromatic rings. The van der Waals surface area contributed by atoms with Crippen LogP contribution >= 0.6 is 0 Å². The van der Waals surface area contributed by atoms with E-state index in [1.807, 2.05) is 62.4 Å². The Balaban J connectivity index is 1.48. The van der Waals surface area contributed by atoms with E-state index in [1.165, 1.54) is 5.56 Å². The summed E-state index contributed by atoms with van der Waals surface area (Å²) in [6, 6.07) is 17.9. The zero-order valence-corrected chi connectivity index (χ0v) is 21.9. The van der Waals surface area contributed by atoms with Gasteiger partial charge in [0.05, 0.1) is 24.5 Å². The van der Waals surface area contributed by atoms with Gasteiger partial charge in [0.25, 0.3) is 0 Å². The largest absolute Gasteiger partial charge is 0.364 e. The number of hydrogen-bond donors (Lipinski definition) is 2. The Kier molecular flexibility index (Phi) is 7.96. The predicted octanol–water partition coefficient (Wildman–Crippen LogP) is 5.00. The van der Waals surface area contributed by atoms with E-state index in [4.69, 9.17) is 14.6 Å². The maximum Gasteiger partial charge on any atom is 0.320 e. The molecule has 2 heterocycles. The number of nitrogens with zero attached hydrogens (tertiary/aromatic N) is 3. The maximum absolute atomic E-state index is 13.0. The lowest BCUT2D eigenvalue weighted by Crippen LogP contribution is -2.44. The van der Waals surface area contributed by atoms with Crippen LogP contribution in [-0.2, 0) is 21.4 Å². The molecule has 1 unspecified atom stereocenters. The van der Waals surface area contributed by atoms with Crippen molar-refractivity contribution in [1.29, 1.82) is 0 Å². The molecule has 1 aromatic heterocycles. The second-order valence-electron chi connectivity index (χ2n) is 10.1. The Morgan fingerprint density at radius 3 is 2.64 bits per heavy atom. The first-order chi connectivity index (χ1) is 17.2. The number of amides is 2. The van der Waals surface area contributed by atoms with E-state index in [-0.39, 0.29) is 17.7 Å². The van der Waals surface area contributed by atoms with Gasteiger partial charge in [-0.15, -0.1) is 0 Å². The summed E-state index contributed by atoms with van der Waals surface area (Å²) in [5, 5.41) is 10.8. The van der Waals surface area contributed by atoms with Gasteiger partial charge in [0, 0.05) is 36.9 Å². The molecule has 4 rings (SSSR count). The molecule has 2 aromatic carbocycles. The molecule has 36 heavy (non-hydrogen) atoms. The Morgan fingerprint density at radius 1 is 1.17 bits per heavy atom. The number of nitrogens with one attached hydrogen (secondary N) is 2. The quantitative estimate of drug-likeness (QED) is 0.486. The van der Waals surface area contributed by atoms with Crippen molar-refractivity contribution in [3.63, 3.8) is 0 Å². The van der Waals surface area contributed by atoms with Crippen molar-refractivity contribution < 1.29 is 14.3 Å². The van der Waals surface area contributed by atoms with Crippen LogP contribution in [0, 0.1) is 6.92 Å². The molecule has 192 valence electrons. The number of urea groups is 1. The number of morpholine rings is 1. The number of anilines is 2. The molecule has 1 aliphatic heterocycles. The van der Waals surface area contributed by atoms with Gasteiger partial charge in [-0.3, -0.25) is 5.32 Å². The van der Waals surface area contributed by atoms with Crippen LogP contribution in [0.25, 0.3) is 5.69 Å². The maximum atomic E-state index is 13.0. The first-order valence-electron chi connectivity index (χ1n) is 12.5. The van der Waals surface area contributed by atoms with Crippen molar-refractivity contribution in [2.75, 3.05) is 36.5 Å². The van der Waals surface area contributed by atoms with E-state index < -0.39 is 0 Å². The molecule has 0 radical (unpaired) electrons. The van der Waals surface area contributed by atoms with Crippen LogP contribution in [0.1, 0.15) is 44.5 Å². The molecular formula is C28H37N5O3. The zero-order valence-electron chi connectivity index (χ0n) is 21.9. The van der Waals surface area contributed by atoms with Crippen LogP contribution < -0.4 is 15.5 Å². The molecule has 0 saturated carbocycles. The molecule has 1 atom stereocenters. The Bertz CT molecular complexity index is 1160. The third-order valence-corrected chi connectivity index (χ3v) is 6.16. The number of aryl methyl sites for hydroxylation is 1. The summed E-state index contributed by atoms with van der Waals surface area (Å²) in [5.74, 6) is 0.627. The number of para-hydroxylation sites is 1. The standard InChI is InChI=1S/C28H37N5O3/c1-6-35-26-19-32(15-16-36-26)23-10-8-7-9-21(23)18-29-27(34)30-25-17-24(28(3,4)5)31-33(25)22-13-11-20(2)12-14-22/h7-14,17,26H,6,15-16,18-19H2,1-5H3,(H2,29,30,34). The molecule has 8 nitrogen and oxygen atoms in total. The average Bonchev–Trinajstić information content (AvgIpc) is 3.28. The van der Waals surface area contributed by atoms with Gasteiger partial charge in [0.2, 0.25) is 0 Å². The van der Waals surface area contributed by atoms with Crippen molar-refractivity contribution in [2.45, 2.75) is 52.9 Å². The minimum Gasteiger partial charge on any atom is -0.364 e. The van der Waals surface area contributed by atoms with Crippen molar-refractivity contribution in [2.24, 2.45) is 0 Å². The molecule has 1 fully saturated rings. The summed E-state index contributed by atoms with van der Waals surface area (Å²) in [6.07, 6.45) is -0.243. The first kappa shape index (κ1) is 25.7. The van der Waals surface area contributed by atoms with E-state index in [0.29, 0.717) is 32.1 Å². The van der Waals surface area contributed by atoms with Gasteiger partial charge < -0.3 is 19.7 Å². The highest BCUT2D eigenvalue weighted by atomic mass is 16.7. The van der Waals surface area contributed by atoms with Gasteiger partial charge in [-0.25, -0.2) is 9.48 Å². The van der Waals surface area contributed by atoms with Gasteiger partial charge in [0.1, 0.15) is 5.82 Å². The fourth-order valence-corrected chi connectivity index (χ4v) is 4.15. The number of benzene rings is 2. The highest BCUT2D eigenvalue weighted by Crippen LogP contribution is 2.27. The third kappa shape index (κ3) is 6.25. The Morgan fingerprint density at radius 2 is 1.92 bits per heavy atom. The number of rotatable bonds is 7. The van der Waals surface area contributed by atoms with Gasteiger partial charge in [-0.1, -0.05) is 56.7 Å². The van der Waals surface area contributed by atoms with E-state index in [0.717, 1.165) is 29.2 Å². The molecule has 2 amide bonds. The summed E-state index contributed by atoms with van der Waals surface area (Å²) in [4.78, 5) is 15.2. The van der Waals surface area contributed by atoms with Crippen molar-refractivity contribution in [3.05, 3.63) is 71.4 Å². The van der Waals surface area contributed by atoms with Crippen LogP contribution in [0.5, 0.6) is 0 Å². The Hall–Kier alpha value is -3.36. The molecule has 0 spiro atoms. The van der Waals surface area contributed by atoms with Crippen LogP contribution in [0.3, 0.4) is 0 Å². The number of hydrogen-bond acceptors (Lipinski definition) is 5. The fraction of sp³-hybridized carbons (Fsp3) is 0.429. The second kappa shape index (κ2) is 11.1. The number of ether oxygens (including phenoxy) is 2.